The van der Waals surface area contributed by atoms with Crippen molar-refractivity contribution in [1.82, 2.24) is 0 Å². The minimum absolute atomic E-state index is 0.170. The molecule has 0 aliphatic carbocycles. The van der Waals surface area contributed by atoms with Crippen molar-refractivity contribution in [1.29, 1.82) is 0 Å². The Bertz CT molecular complexity index is 833. The van der Waals surface area contributed by atoms with Crippen LogP contribution in [0.1, 0.15) is 11.1 Å². The van der Waals surface area contributed by atoms with Gasteiger partial charge in [-0.05, 0) is 40.2 Å². The van der Waals surface area contributed by atoms with E-state index in [0.29, 0.717) is 27.8 Å². The Morgan fingerprint density at radius 3 is 2.57 bits per heavy atom. The van der Waals surface area contributed by atoms with E-state index in [9.17, 15) is 4.79 Å². The minimum Gasteiger partial charge on any atom is -0.496 e. The highest BCUT2D eigenvalue weighted by molar-refractivity contribution is 9.10. The van der Waals surface area contributed by atoms with E-state index in [1.807, 2.05) is 12.1 Å². The maximum atomic E-state index is 12.3. The van der Waals surface area contributed by atoms with Crippen LogP contribution in [-0.4, -0.2) is 20.1 Å². The molecule has 0 fully saturated rings. The van der Waals surface area contributed by atoms with E-state index in [-0.39, 0.29) is 5.91 Å². The summed E-state index contributed by atoms with van der Waals surface area (Å²) in [5.41, 5.74) is 2.86. The number of hydrogen-bond donors (Lipinski definition) is 1. The van der Waals surface area contributed by atoms with Crippen molar-refractivity contribution in [3.05, 3.63) is 51.0 Å². The molecule has 0 aromatic heterocycles. The van der Waals surface area contributed by atoms with E-state index in [0.717, 1.165) is 15.6 Å². The number of hydrogen-bond acceptors (Lipinski definition) is 3. The number of carbonyl (C=O) groups is 1. The van der Waals surface area contributed by atoms with Gasteiger partial charge in [-0.2, -0.15) is 0 Å². The Kier molecular flexibility index (Phi) is 4.33. The van der Waals surface area contributed by atoms with Crippen LogP contribution in [0.15, 0.2) is 34.8 Å². The van der Waals surface area contributed by atoms with Crippen LogP contribution in [0, 0.1) is 0 Å². The lowest BCUT2D eigenvalue weighted by molar-refractivity contribution is -0.110. The first-order valence-corrected chi connectivity index (χ1v) is 7.95. The standard InChI is InChI=1S/C17H13BrClNO3/c1-22-15-8-16(23-2)13(18)6-9(15)5-12-11-4-3-10(19)7-14(11)20-17(12)21/h3-8H,1-2H3,(H,20,21)/b12-5+. The summed E-state index contributed by atoms with van der Waals surface area (Å²) in [6.45, 7) is 0. The summed E-state index contributed by atoms with van der Waals surface area (Å²) in [6.07, 6.45) is 1.79. The van der Waals surface area contributed by atoms with Crippen molar-refractivity contribution < 1.29 is 14.3 Å². The van der Waals surface area contributed by atoms with Crippen molar-refractivity contribution in [3.63, 3.8) is 0 Å². The molecule has 0 saturated heterocycles. The van der Waals surface area contributed by atoms with Gasteiger partial charge in [0.1, 0.15) is 11.5 Å². The summed E-state index contributed by atoms with van der Waals surface area (Å²) >= 11 is 9.42. The molecule has 1 heterocycles. The number of ether oxygens (including phenoxy) is 2. The number of rotatable bonds is 3. The molecular formula is C17H13BrClNO3. The van der Waals surface area contributed by atoms with Gasteiger partial charge in [0.25, 0.3) is 5.91 Å². The van der Waals surface area contributed by atoms with Gasteiger partial charge in [0.05, 0.1) is 24.4 Å². The van der Waals surface area contributed by atoms with Crippen molar-refractivity contribution in [3.8, 4) is 11.5 Å². The van der Waals surface area contributed by atoms with Gasteiger partial charge in [-0.15, -0.1) is 0 Å². The van der Waals surface area contributed by atoms with Gasteiger partial charge < -0.3 is 14.8 Å². The first-order valence-electron chi connectivity index (χ1n) is 6.78. The van der Waals surface area contributed by atoms with Crippen LogP contribution in [0.25, 0.3) is 11.6 Å². The van der Waals surface area contributed by atoms with E-state index in [1.165, 1.54) is 0 Å². The number of fused-ring (bicyclic) bond motifs is 1. The zero-order chi connectivity index (χ0) is 16.6. The molecule has 3 rings (SSSR count). The highest BCUT2D eigenvalue weighted by Crippen LogP contribution is 2.38. The second-order valence-corrected chi connectivity index (χ2v) is 6.22. The summed E-state index contributed by atoms with van der Waals surface area (Å²) in [4.78, 5) is 12.3. The second kappa shape index (κ2) is 6.26. The molecule has 4 nitrogen and oxygen atoms in total. The third-order valence-electron chi connectivity index (χ3n) is 3.57. The molecule has 1 aliphatic rings. The monoisotopic (exact) mass is 393 g/mol. The van der Waals surface area contributed by atoms with Crippen LogP contribution in [0.3, 0.4) is 0 Å². The Morgan fingerprint density at radius 2 is 1.87 bits per heavy atom. The van der Waals surface area contributed by atoms with Crippen LogP contribution < -0.4 is 14.8 Å². The molecule has 1 aliphatic heterocycles. The van der Waals surface area contributed by atoms with Gasteiger partial charge in [-0.25, -0.2) is 0 Å². The number of halogens is 2. The molecule has 2 aromatic rings. The molecule has 1 N–H and O–H groups in total. The summed E-state index contributed by atoms with van der Waals surface area (Å²) in [5.74, 6) is 1.11. The third kappa shape index (κ3) is 2.94. The highest BCUT2D eigenvalue weighted by Gasteiger charge is 2.24. The van der Waals surface area contributed by atoms with Gasteiger partial charge in [0, 0.05) is 27.8 Å². The molecule has 0 radical (unpaired) electrons. The molecule has 1 amide bonds. The quantitative estimate of drug-likeness (QED) is 0.773. The van der Waals surface area contributed by atoms with Gasteiger partial charge in [-0.3, -0.25) is 4.79 Å². The van der Waals surface area contributed by atoms with Crippen molar-refractivity contribution in [2.45, 2.75) is 0 Å². The van der Waals surface area contributed by atoms with Crippen molar-refractivity contribution in [2.24, 2.45) is 0 Å². The molecule has 0 spiro atoms. The van der Waals surface area contributed by atoms with E-state index in [4.69, 9.17) is 21.1 Å². The molecule has 6 heteroatoms. The van der Waals surface area contributed by atoms with Crippen molar-refractivity contribution >= 4 is 50.8 Å². The fourth-order valence-electron chi connectivity index (χ4n) is 2.46. The van der Waals surface area contributed by atoms with Crippen molar-refractivity contribution in [2.75, 3.05) is 19.5 Å². The number of nitrogens with one attached hydrogen (secondary N) is 1. The molecular weight excluding hydrogens is 382 g/mol. The number of anilines is 1. The average Bonchev–Trinajstić information content (AvgIpc) is 2.82. The van der Waals surface area contributed by atoms with E-state index >= 15 is 0 Å². The first-order chi connectivity index (χ1) is 11.0. The van der Waals surface area contributed by atoms with Crippen LogP contribution in [-0.2, 0) is 4.79 Å². The Morgan fingerprint density at radius 1 is 1.13 bits per heavy atom. The minimum atomic E-state index is -0.170. The van der Waals surface area contributed by atoms with Gasteiger partial charge in [0.2, 0.25) is 0 Å². The normalized spacial score (nSPS) is 14.6. The number of benzene rings is 2. The maximum Gasteiger partial charge on any atom is 0.256 e. The number of amides is 1. The predicted molar refractivity (Wildman–Crippen MR) is 95.2 cm³/mol. The molecule has 0 unspecified atom stereocenters. The summed E-state index contributed by atoms with van der Waals surface area (Å²) in [7, 11) is 3.16. The van der Waals surface area contributed by atoms with Crippen LogP contribution in [0.5, 0.6) is 11.5 Å². The molecule has 0 atom stereocenters. The lowest BCUT2D eigenvalue weighted by Gasteiger charge is -2.10. The largest absolute Gasteiger partial charge is 0.496 e. The Balaban J connectivity index is 2.13. The molecule has 0 saturated carbocycles. The van der Waals surface area contributed by atoms with E-state index in [2.05, 4.69) is 21.2 Å². The van der Waals surface area contributed by atoms with Gasteiger partial charge in [0.15, 0.2) is 0 Å². The van der Waals surface area contributed by atoms with Crippen LogP contribution in [0.2, 0.25) is 5.02 Å². The van der Waals surface area contributed by atoms with Crippen LogP contribution in [0.4, 0.5) is 5.69 Å². The lowest BCUT2D eigenvalue weighted by atomic mass is 10.0. The van der Waals surface area contributed by atoms with Gasteiger partial charge in [-0.1, -0.05) is 17.7 Å². The number of carbonyl (C=O) groups excluding carboxylic acids is 1. The van der Waals surface area contributed by atoms with E-state index in [1.54, 1.807) is 38.5 Å². The van der Waals surface area contributed by atoms with Gasteiger partial charge >= 0.3 is 0 Å². The number of methoxy groups -OCH3 is 2. The summed E-state index contributed by atoms with van der Waals surface area (Å²) in [5, 5.41) is 3.39. The zero-order valence-corrected chi connectivity index (χ0v) is 14.8. The molecule has 118 valence electrons. The molecule has 0 bridgehead atoms. The molecule has 23 heavy (non-hydrogen) atoms. The highest BCUT2D eigenvalue weighted by atomic mass is 79.9. The predicted octanol–water partition coefficient (Wildman–Crippen LogP) is 4.61. The first kappa shape index (κ1) is 15.9. The summed E-state index contributed by atoms with van der Waals surface area (Å²) in [6, 6.07) is 8.94. The fraction of sp³-hybridized carbons (Fsp3) is 0.118. The SMILES string of the molecule is COc1cc(OC)c(/C=C2/C(=O)Nc3cc(Cl)ccc32)cc1Br. The smallest absolute Gasteiger partial charge is 0.256 e. The second-order valence-electron chi connectivity index (χ2n) is 4.93. The van der Waals surface area contributed by atoms with Crippen LogP contribution >= 0.6 is 27.5 Å². The fourth-order valence-corrected chi connectivity index (χ4v) is 3.16. The van der Waals surface area contributed by atoms with E-state index < -0.39 is 0 Å². The average molecular weight is 395 g/mol. The Labute approximate surface area is 147 Å². The summed E-state index contributed by atoms with van der Waals surface area (Å²) < 4.78 is 11.4. The third-order valence-corrected chi connectivity index (χ3v) is 4.42. The molecule has 2 aromatic carbocycles. The maximum absolute atomic E-state index is 12.3. The topological polar surface area (TPSA) is 47.6 Å². The zero-order valence-electron chi connectivity index (χ0n) is 12.4. The Hall–Kier alpha value is -1.98. The lowest BCUT2D eigenvalue weighted by Crippen LogP contribution is -2.03.